The molecule has 0 amide bonds. The molecule has 1 N–H and O–H groups in total. The molecule has 0 spiro atoms. The highest BCUT2D eigenvalue weighted by molar-refractivity contribution is 6.32. The number of rotatable bonds is 3. The Hall–Kier alpha value is -2.13. The molecular weight excluding hydrogens is 236 g/mol. The number of hydrogen-bond donors (Lipinski definition) is 1. The summed E-state index contributed by atoms with van der Waals surface area (Å²) in [4.78, 5) is 20.3. The molecule has 0 radical (unpaired) electrons. The molecule has 0 heterocycles. The summed E-state index contributed by atoms with van der Waals surface area (Å²) in [5.74, 6) is -1.14. The predicted octanol–water partition coefficient (Wildman–Crippen LogP) is 1.75. The van der Waals surface area contributed by atoms with E-state index in [0.717, 1.165) is 12.1 Å². The first-order chi connectivity index (χ1) is 7.45. The number of carbonyl (C=O) groups is 1. The van der Waals surface area contributed by atoms with E-state index in [1.807, 2.05) is 0 Å². The minimum Gasteiger partial charge on any atom is -0.481 e. The molecule has 0 aliphatic carbocycles. The van der Waals surface area contributed by atoms with Crippen LogP contribution >= 0.6 is 11.6 Å². The fourth-order valence-corrected chi connectivity index (χ4v) is 1.41. The zero-order chi connectivity index (χ0) is 12.3. The molecule has 0 aromatic heterocycles. The van der Waals surface area contributed by atoms with Crippen molar-refractivity contribution in [1.82, 2.24) is 0 Å². The summed E-state index contributed by atoms with van der Waals surface area (Å²) in [6, 6.07) is 3.80. The molecule has 7 heteroatoms. The molecule has 1 rings (SSSR count). The van der Waals surface area contributed by atoms with Crippen LogP contribution < -0.4 is 0 Å². The first-order valence-corrected chi connectivity index (χ1v) is 4.42. The van der Waals surface area contributed by atoms with E-state index in [0.29, 0.717) is 0 Å². The first-order valence-electron chi connectivity index (χ1n) is 4.04. The Morgan fingerprint density at radius 1 is 1.62 bits per heavy atom. The predicted molar refractivity (Wildman–Crippen MR) is 54.2 cm³/mol. The number of nitro benzene ring substituents is 1. The topological polar surface area (TPSA) is 104 Å². The van der Waals surface area contributed by atoms with Gasteiger partial charge in [-0.05, 0) is 11.6 Å². The van der Waals surface area contributed by atoms with E-state index in [4.69, 9.17) is 22.0 Å². The average Bonchev–Trinajstić information content (AvgIpc) is 2.16. The number of aliphatic carboxylic acids is 1. The van der Waals surface area contributed by atoms with E-state index in [9.17, 15) is 14.9 Å². The van der Waals surface area contributed by atoms with Gasteiger partial charge < -0.3 is 5.11 Å². The summed E-state index contributed by atoms with van der Waals surface area (Å²) in [5.41, 5.74) is -0.309. The summed E-state index contributed by atoms with van der Waals surface area (Å²) in [6.45, 7) is 0. The van der Waals surface area contributed by atoms with Crippen molar-refractivity contribution in [2.75, 3.05) is 0 Å². The molecule has 0 unspecified atom stereocenters. The molecule has 1 aromatic rings. The van der Waals surface area contributed by atoms with Crippen LogP contribution in [0.25, 0.3) is 0 Å². The Morgan fingerprint density at radius 3 is 2.69 bits per heavy atom. The second kappa shape index (κ2) is 4.59. The lowest BCUT2D eigenvalue weighted by molar-refractivity contribution is -0.384. The smallest absolute Gasteiger partial charge is 0.307 e. The summed E-state index contributed by atoms with van der Waals surface area (Å²) in [7, 11) is 0. The molecule has 0 fully saturated rings. The number of hydrogen-bond acceptors (Lipinski definition) is 4. The van der Waals surface area contributed by atoms with Crippen molar-refractivity contribution in [3.05, 3.63) is 38.4 Å². The molecule has 82 valence electrons. The highest BCUT2D eigenvalue weighted by Gasteiger charge is 2.17. The van der Waals surface area contributed by atoms with Crippen molar-refractivity contribution in [2.45, 2.75) is 6.42 Å². The maximum absolute atomic E-state index is 10.5. The molecular formula is C9H5ClN2O4. The molecule has 0 bridgehead atoms. The van der Waals surface area contributed by atoms with Gasteiger partial charge in [0.2, 0.25) is 0 Å². The standard InChI is InChI=1S/C9H5ClN2O4/c10-7-1-5(3-9(13)14)6(4-11)2-8(7)12(15)16/h1-2H,3H2,(H,13,14). The van der Waals surface area contributed by atoms with E-state index < -0.39 is 23.0 Å². The van der Waals surface area contributed by atoms with Gasteiger partial charge in [0, 0.05) is 6.07 Å². The Kier molecular flexibility index (Phi) is 3.43. The number of benzene rings is 1. The van der Waals surface area contributed by atoms with Gasteiger partial charge in [-0.1, -0.05) is 11.6 Å². The van der Waals surface area contributed by atoms with E-state index in [1.54, 1.807) is 6.07 Å². The molecule has 0 atom stereocenters. The number of nitro groups is 1. The van der Waals surface area contributed by atoms with Gasteiger partial charge in [-0.25, -0.2) is 0 Å². The van der Waals surface area contributed by atoms with Crippen LogP contribution in [0.4, 0.5) is 5.69 Å². The number of nitriles is 1. The Labute approximate surface area is 94.8 Å². The van der Waals surface area contributed by atoms with Gasteiger partial charge in [0.05, 0.1) is 23.0 Å². The van der Waals surface area contributed by atoms with Crippen molar-refractivity contribution in [3.8, 4) is 6.07 Å². The molecule has 0 saturated heterocycles. The number of carboxylic acid groups (broad SMARTS) is 1. The fourth-order valence-electron chi connectivity index (χ4n) is 1.16. The van der Waals surface area contributed by atoms with E-state index >= 15 is 0 Å². The van der Waals surface area contributed by atoms with Crippen LogP contribution in [0.3, 0.4) is 0 Å². The van der Waals surface area contributed by atoms with Crippen molar-refractivity contribution >= 4 is 23.3 Å². The highest BCUT2D eigenvalue weighted by atomic mass is 35.5. The van der Waals surface area contributed by atoms with Gasteiger partial charge in [0.1, 0.15) is 5.02 Å². The second-order valence-electron chi connectivity index (χ2n) is 2.90. The minimum atomic E-state index is -1.14. The van der Waals surface area contributed by atoms with Gasteiger partial charge in [-0.3, -0.25) is 14.9 Å². The molecule has 16 heavy (non-hydrogen) atoms. The van der Waals surface area contributed by atoms with Crippen LogP contribution in [-0.4, -0.2) is 16.0 Å². The van der Waals surface area contributed by atoms with E-state index in [-0.39, 0.29) is 16.1 Å². The Morgan fingerprint density at radius 2 is 2.25 bits per heavy atom. The molecule has 0 aliphatic heterocycles. The maximum Gasteiger partial charge on any atom is 0.307 e. The Balaban J connectivity index is 3.33. The zero-order valence-corrected chi connectivity index (χ0v) is 8.56. The SMILES string of the molecule is N#Cc1cc([N+](=O)[O-])c(Cl)cc1CC(=O)O. The zero-order valence-electron chi connectivity index (χ0n) is 7.81. The minimum absolute atomic E-state index is 0.0569. The van der Waals surface area contributed by atoms with Crippen LogP contribution in [0, 0.1) is 21.4 Å². The third-order valence-corrected chi connectivity index (χ3v) is 2.13. The lowest BCUT2D eigenvalue weighted by Crippen LogP contribution is -2.03. The third kappa shape index (κ3) is 2.46. The van der Waals surface area contributed by atoms with Gasteiger partial charge in [0.25, 0.3) is 5.69 Å². The van der Waals surface area contributed by atoms with Crippen molar-refractivity contribution < 1.29 is 14.8 Å². The van der Waals surface area contributed by atoms with Crippen LogP contribution in [0.5, 0.6) is 0 Å². The summed E-state index contributed by atoms with van der Waals surface area (Å²) in [6.07, 6.45) is -0.402. The third-order valence-electron chi connectivity index (χ3n) is 1.83. The first kappa shape index (κ1) is 11.9. The summed E-state index contributed by atoms with van der Waals surface area (Å²) in [5, 5.41) is 27.6. The van der Waals surface area contributed by atoms with E-state index in [1.165, 1.54) is 0 Å². The molecule has 6 nitrogen and oxygen atoms in total. The van der Waals surface area contributed by atoms with Gasteiger partial charge in [0.15, 0.2) is 0 Å². The van der Waals surface area contributed by atoms with Crippen molar-refractivity contribution in [3.63, 3.8) is 0 Å². The average molecular weight is 241 g/mol. The number of carboxylic acids is 1. The normalized spacial score (nSPS) is 9.50. The summed E-state index contributed by atoms with van der Waals surface area (Å²) < 4.78 is 0. The van der Waals surface area contributed by atoms with E-state index in [2.05, 4.69) is 0 Å². The van der Waals surface area contributed by atoms with Crippen LogP contribution in [-0.2, 0) is 11.2 Å². The second-order valence-corrected chi connectivity index (χ2v) is 3.31. The number of nitrogens with zero attached hydrogens (tertiary/aromatic N) is 2. The monoisotopic (exact) mass is 240 g/mol. The fraction of sp³-hybridized carbons (Fsp3) is 0.111. The maximum atomic E-state index is 10.5. The van der Waals surface area contributed by atoms with Crippen molar-refractivity contribution in [1.29, 1.82) is 5.26 Å². The van der Waals surface area contributed by atoms with Crippen molar-refractivity contribution in [2.24, 2.45) is 0 Å². The lowest BCUT2D eigenvalue weighted by atomic mass is 10.0. The highest BCUT2D eigenvalue weighted by Crippen LogP contribution is 2.28. The molecule has 1 aromatic carbocycles. The van der Waals surface area contributed by atoms with Crippen LogP contribution in [0.2, 0.25) is 5.02 Å². The van der Waals surface area contributed by atoms with Gasteiger partial charge in [-0.2, -0.15) is 5.26 Å². The van der Waals surface area contributed by atoms with Gasteiger partial charge in [-0.15, -0.1) is 0 Å². The molecule has 0 saturated carbocycles. The van der Waals surface area contributed by atoms with Crippen LogP contribution in [0.1, 0.15) is 11.1 Å². The van der Waals surface area contributed by atoms with Gasteiger partial charge >= 0.3 is 5.97 Å². The van der Waals surface area contributed by atoms with Crippen LogP contribution in [0.15, 0.2) is 12.1 Å². The number of halogens is 1. The largest absolute Gasteiger partial charge is 0.481 e. The Bertz CT molecular complexity index is 507. The molecule has 0 aliphatic rings. The quantitative estimate of drug-likeness (QED) is 0.640. The summed E-state index contributed by atoms with van der Waals surface area (Å²) >= 11 is 5.59. The lowest BCUT2D eigenvalue weighted by Gasteiger charge is -2.02.